The average molecular weight is 144 g/mol. The number of nitrogens with zero attached hydrogens (tertiary/aromatic N) is 1. The molecule has 5 nitrogen and oxygen atoms in total. The van der Waals surface area contributed by atoms with Crippen LogP contribution in [0.15, 0.2) is 6.33 Å². The summed E-state index contributed by atoms with van der Waals surface area (Å²) < 4.78 is 0. The average Bonchev–Trinajstić information content (AvgIpc) is 2.13. The second-order valence-corrected chi connectivity index (χ2v) is 1.68. The molecular weight excluding hydrogens is 136 g/mol. The predicted octanol–water partition coefficient (Wildman–Crippen LogP) is -0.408. The molecular formula is C5H8N2O3. The molecule has 0 aromatic carbocycles. The summed E-state index contributed by atoms with van der Waals surface area (Å²) >= 11 is 0. The highest BCUT2D eigenvalue weighted by Gasteiger charge is 2.07. The fourth-order valence-electron chi connectivity index (χ4n) is 0.574. The Balaban J connectivity index is 0.000000810. The van der Waals surface area contributed by atoms with Crippen molar-refractivity contribution in [2.75, 3.05) is 0 Å². The van der Waals surface area contributed by atoms with E-state index in [0.717, 1.165) is 0 Å². The van der Waals surface area contributed by atoms with Crippen LogP contribution in [0.25, 0.3) is 0 Å². The smallest absolute Gasteiger partial charge is 0.356 e. The summed E-state index contributed by atoms with van der Waals surface area (Å²) in [6.07, 6.45) is 1.36. The molecule has 0 saturated carbocycles. The van der Waals surface area contributed by atoms with E-state index in [1.54, 1.807) is 6.92 Å². The molecule has 0 saturated heterocycles. The zero-order valence-electron chi connectivity index (χ0n) is 5.38. The van der Waals surface area contributed by atoms with Crippen LogP contribution in [0.4, 0.5) is 0 Å². The molecule has 1 rings (SSSR count). The number of hydrogen-bond donors (Lipinski definition) is 2. The Labute approximate surface area is 57.0 Å². The van der Waals surface area contributed by atoms with Crippen molar-refractivity contribution in [1.82, 2.24) is 9.97 Å². The first kappa shape index (κ1) is 8.64. The number of carboxylic acid groups (broad SMARTS) is 1. The minimum Gasteiger partial charge on any atom is -0.476 e. The Morgan fingerprint density at radius 1 is 1.80 bits per heavy atom. The maximum absolute atomic E-state index is 10.2. The minimum absolute atomic E-state index is 0. The number of aryl methyl sites for hydroxylation is 1. The Hall–Kier alpha value is -1.36. The highest BCUT2D eigenvalue weighted by Crippen LogP contribution is 1.98. The summed E-state index contributed by atoms with van der Waals surface area (Å²) in [6, 6.07) is 0. The van der Waals surface area contributed by atoms with E-state index in [4.69, 9.17) is 5.11 Å². The van der Waals surface area contributed by atoms with E-state index in [9.17, 15) is 4.79 Å². The Kier molecular flexibility index (Phi) is 2.57. The molecule has 56 valence electrons. The van der Waals surface area contributed by atoms with E-state index in [2.05, 4.69) is 9.97 Å². The first-order valence-electron chi connectivity index (χ1n) is 2.45. The summed E-state index contributed by atoms with van der Waals surface area (Å²) in [4.78, 5) is 16.4. The monoisotopic (exact) mass is 144 g/mol. The lowest BCUT2D eigenvalue weighted by atomic mass is 10.4. The zero-order chi connectivity index (χ0) is 6.85. The van der Waals surface area contributed by atoms with Gasteiger partial charge in [0.1, 0.15) is 0 Å². The van der Waals surface area contributed by atoms with Gasteiger partial charge in [0, 0.05) is 5.69 Å². The van der Waals surface area contributed by atoms with Crippen molar-refractivity contribution in [3.63, 3.8) is 0 Å². The van der Waals surface area contributed by atoms with Gasteiger partial charge >= 0.3 is 5.97 Å². The molecule has 4 N–H and O–H groups in total. The SMILES string of the molecule is Cc1[nH]cnc1C(=O)O.O. The number of carbonyl (C=O) groups is 1. The Morgan fingerprint density at radius 2 is 2.40 bits per heavy atom. The van der Waals surface area contributed by atoms with Crippen molar-refractivity contribution >= 4 is 5.97 Å². The molecule has 10 heavy (non-hydrogen) atoms. The Bertz CT molecular complexity index is 231. The fourth-order valence-corrected chi connectivity index (χ4v) is 0.574. The molecule has 0 aliphatic heterocycles. The van der Waals surface area contributed by atoms with Crippen molar-refractivity contribution < 1.29 is 15.4 Å². The van der Waals surface area contributed by atoms with Gasteiger partial charge in [-0.15, -0.1) is 0 Å². The normalized spacial score (nSPS) is 8.50. The van der Waals surface area contributed by atoms with Crippen molar-refractivity contribution in [2.24, 2.45) is 0 Å². The van der Waals surface area contributed by atoms with Crippen LogP contribution in [0.5, 0.6) is 0 Å². The molecule has 0 aliphatic rings. The maximum atomic E-state index is 10.2. The number of H-pyrrole nitrogens is 1. The summed E-state index contributed by atoms with van der Waals surface area (Å²) in [5.74, 6) is -0.992. The lowest BCUT2D eigenvalue weighted by molar-refractivity contribution is 0.0690. The molecule has 1 aromatic rings. The second-order valence-electron chi connectivity index (χ2n) is 1.68. The molecule has 5 heteroatoms. The van der Waals surface area contributed by atoms with Crippen LogP contribution in [0.2, 0.25) is 0 Å². The highest BCUT2D eigenvalue weighted by atomic mass is 16.4. The third kappa shape index (κ3) is 1.32. The van der Waals surface area contributed by atoms with E-state index in [-0.39, 0.29) is 11.2 Å². The van der Waals surface area contributed by atoms with Crippen molar-refractivity contribution in [1.29, 1.82) is 0 Å². The van der Waals surface area contributed by atoms with Gasteiger partial charge in [0.25, 0.3) is 0 Å². The fraction of sp³-hybridized carbons (Fsp3) is 0.200. The molecule has 0 aliphatic carbocycles. The highest BCUT2D eigenvalue weighted by molar-refractivity contribution is 5.86. The topological polar surface area (TPSA) is 97.5 Å². The van der Waals surface area contributed by atoms with Crippen LogP contribution in [-0.2, 0) is 0 Å². The molecule has 0 spiro atoms. The van der Waals surface area contributed by atoms with Gasteiger partial charge in [0.05, 0.1) is 6.33 Å². The number of aromatic carboxylic acids is 1. The lowest BCUT2D eigenvalue weighted by Crippen LogP contribution is -1.98. The van der Waals surface area contributed by atoms with E-state index < -0.39 is 5.97 Å². The molecule has 1 heterocycles. The molecule has 0 fully saturated rings. The number of imidazole rings is 1. The predicted molar refractivity (Wildman–Crippen MR) is 33.9 cm³/mol. The Morgan fingerprint density at radius 3 is 2.60 bits per heavy atom. The summed E-state index contributed by atoms with van der Waals surface area (Å²) in [5, 5.41) is 8.37. The van der Waals surface area contributed by atoms with Crippen LogP contribution in [0, 0.1) is 6.92 Å². The van der Waals surface area contributed by atoms with Gasteiger partial charge in [0.2, 0.25) is 0 Å². The first-order valence-corrected chi connectivity index (χ1v) is 2.45. The van der Waals surface area contributed by atoms with Gasteiger partial charge < -0.3 is 15.6 Å². The van der Waals surface area contributed by atoms with Gasteiger partial charge in [-0.3, -0.25) is 0 Å². The van der Waals surface area contributed by atoms with Crippen molar-refractivity contribution in [3.8, 4) is 0 Å². The van der Waals surface area contributed by atoms with Crippen molar-refractivity contribution in [2.45, 2.75) is 6.92 Å². The van der Waals surface area contributed by atoms with Crippen LogP contribution >= 0.6 is 0 Å². The molecule has 0 atom stereocenters. The minimum atomic E-state index is -0.992. The number of hydrogen-bond acceptors (Lipinski definition) is 2. The molecule has 0 radical (unpaired) electrons. The van der Waals surface area contributed by atoms with Crippen LogP contribution < -0.4 is 0 Å². The van der Waals surface area contributed by atoms with E-state index in [1.165, 1.54) is 6.33 Å². The molecule has 1 aromatic heterocycles. The third-order valence-electron chi connectivity index (χ3n) is 1.03. The number of aromatic amines is 1. The third-order valence-corrected chi connectivity index (χ3v) is 1.03. The van der Waals surface area contributed by atoms with Crippen LogP contribution in [0.1, 0.15) is 16.2 Å². The van der Waals surface area contributed by atoms with Crippen LogP contribution in [-0.4, -0.2) is 26.5 Å². The van der Waals surface area contributed by atoms with Crippen molar-refractivity contribution in [3.05, 3.63) is 17.7 Å². The summed E-state index contributed by atoms with van der Waals surface area (Å²) in [5.41, 5.74) is 0.678. The summed E-state index contributed by atoms with van der Waals surface area (Å²) in [7, 11) is 0. The summed E-state index contributed by atoms with van der Waals surface area (Å²) in [6.45, 7) is 1.66. The van der Waals surface area contributed by atoms with Gasteiger partial charge in [-0.2, -0.15) is 0 Å². The van der Waals surface area contributed by atoms with E-state index in [0.29, 0.717) is 5.69 Å². The second kappa shape index (κ2) is 2.98. The van der Waals surface area contributed by atoms with Crippen LogP contribution in [0.3, 0.4) is 0 Å². The number of aromatic nitrogens is 2. The number of carboxylic acids is 1. The van der Waals surface area contributed by atoms with Gasteiger partial charge in [-0.05, 0) is 6.92 Å². The standard InChI is InChI=1S/C5H6N2O2.H2O/c1-3-4(5(8)9)7-2-6-3;/h2H,1H3,(H,6,7)(H,8,9);1H2. The van der Waals surface area contributed by atoms with E-state index in [1.807, 2.05) is 0 Å². The van der Waals surface area contributed by atoms with E-state index >= 15 is 0 Å². The van der Waals surface area contributed by atoms with Gasteiger partial charge in [0.15, 0.2) is 5.69 Å². The maximum Gasteiger partial charge on any atom is 0.356 e. The van der Waals surface area contributed by atoms with Gasteiger partial charge in [-0.25, -0.2) is 9.78 Å². The number of nitrogens with one attached hydrogen (secondary N) is 1. The lowest BCUT2D eigenvalue weighted by Gasteiger charge is -1.85. The largest absolute Gasteiger partial charge is 0.476 e. The molecule has 0 unspecified atom stereocenters. The molecule has 0 bridgehead atoms. The quantitative estimate of drug-likeness (QED) is 0.560. The molecule has 0 amide bonds. The zero-order valence-corrected chi connectivity index (χ0v) is 5.38. The van der Waals surface area contributed by atoms with Gasteiger partial charge in [-0.1, -0.05) is 0 Å². The first-order chi connectivity index (χ1) is 4.22. The number of rotatable bonds is 1.